The van der Waals surface area contributed by atoms with Gasteiger partial charge in [0.25, 0.3) is 5.91 Å². The fraction of sp³-hybridized carbons (Fsp3) is 0.133. The summed E-state index contributed by atoms with van der Waals surface area (Å²) in [6, 6.07) is 8.72. The number of carbonyl (C=O) groups is 2. The number of halogens is 1. The Morgan fingerprint density at radius 3 is 2.43 bits per heavy atom. The zero-order valence-electron chi connectivity index (χ0n) is 11.0. The zero-order chi connectivity index (χ0) is 15.2. The van der Waals surface area contributed by atoms with Crippen molar-refractivity contribution >= 4 is 11.9 Å². The monoisotopic (exact) mass is 288 g/mol. The number of amides is 1. The maximum atomic E-state index is 12.7. The van der Waals surface area contributed by atoms with Crippen molar-refractivity contribution in [1.29, 1.82) is 0 Å². The van der Waals surface area contributed by atoms with Crippen LogP contribution in [0.3, 0.4) is 0 Å². The second-order valence-corrected chi connectivity index (χ2v) is 4.37. The van der Waals surface area contributed by atoms with Crippen LogP contribution in [-0.2, 0) is 6.42 Å². The predicted molar refractivity (Wildman–Crippen MR) is 73.6 cm³/mol. The van der Waals surface area contributed by atoms with Crippen molar-refractivity contribution in [3.05, 3.63) is 65.2 Å². The molecule has 1 heterocycles. The highest BCUT2D eigenvalue weighted by Crippen LogP contribution is 2.03. The van der Waals surface area contributed by atoms with E-state index in [4.69, 9.17) is 5.11 Å². The molecule has 0 radical (unpaired) electrons. The number of hydrogen-bond donors (Lipinski definition) is 2. The zero-order valence-corrected chi connectivity index (χ0v) is 11.0. The maximum absolute atomic E-state index is 12.7. The lowest BCUT2D eigenvalue weighted by atomic mass is 10.1. The Kier molecular flexibility index (Phi) is 4.61. The van der Waals surface area contributed by atoms with Crippen LogP contribution in [0.15, 0.2) is 42.6 Å². The van der Waals surface area contributed by atoms with Crippen LogP contribution in [0.25, 0.3) is 0 Å². The molecular weight excluding hydrogens is 275 g/mol. The summed E-state index contributed by atoms with van der Waals surface area (Å²) < 4.78 is 12.7. The van der Waals surface area contributed by atoms with Gasteiger partial charge in [0.15, 0.2) is 0 Å². The van der Waals surface area contributed by atoms with Crippen molar-refractivity contribution in [1.82, 2.24) is 10.3 Å². The molecule has 0 spiro atoms. The number of carboxylic acids is 1. The van der Waals surface area contributed by atoms with Crippen molar-refractivity contribution < 1.29 is 19.1 Å². The van der Waals surface area contributed by atoms with Crippen LogP contribution in [0.2, 0.25) is 0 Å². The summed E-state index contributed by atoms with van der Waals surface area (Å²) in [6.07, 6.45) is 1.70. The van der Waals surface area contributed by atoms with Crippen molar-refractivity contribution in [2.45, 2.75) is 6.42 Å². The molecular formula is C15H13FN2O3. The van der Waals surface area contributed by atoms with Gasteiger partial charge in [0.2, 0.25) is 0 Å². The number of carbonyl (C=O) groups excluding carboxylic acids is 1. The quantitative estimate of drug-likeness (QED) is 0.880. The molecule has 0 aliphatic carbocycles. The molecule has 108 valence electrons. The van der Waals surface area contributed by atoms with Crippen LogP contribution >= 0.6 is 0 Å². The summed E-state index contributed by atoms with van der Waals surface area (Å²) in [4.78, 5) is 26.3. The van der Waals surface area contributed by atoms with Crippen LogP contribution < -0.4 is 5.32 Å². The van der Waals surface area contributed by atoms with E-state index < -0.39 is 5.97 Å². The lowest BCUT2D eigenvalue weighted by Crippen LogP contribution is -2.26. The van der Waals surface area contributed by atoms with Gasteiger partial charge in [-0.2, -0.15) is 0 Å². The number of pyridine rings is 1. The Morgan fingerprint density at radius 2 is 1.86 bits per heavy atom. The topological polar surface area (TPSA) is 79.3 Å². The summed E-state index contributed by atoms with van der Waals surface area (Å²) in [6.45, 7) is 0.382. The van der Waals surface area contributed by atoms with Crippen molar-refractivity contribution in [3.63, 3.8) is 0 Å². The van der Waals surface area contributed by atoms with Crippen LogP contribution in [0, 0.1) is 5.82 Å². The van der Waals surface area contributed by atoms with Gasteiger partial charge in [-0.1, -0.05) is 12.1 Å². The van der Waals surface area contributed by atoms with Crippen molar-refractivity contribution in [3.8, 4) is 0 Å². The number of aromatic nitrogens is 1. The van der Waals surface area contributed by atoms with E-state index in [0.717, 1.165) is 11.8 Å². The summed E-state index contributed by atoms with van der Waals surface area (Å²) >= 11 is 0. The van der Waals surface area contributed by atoms with Crippen molar-refractivity contribution in [2.24, 2.45) is 0 Å². The van der Waals surface area contributed by atoms with Gasteiger partial charge in [0.05, 0.1) is 5.56 Å². The van der Waals surface area contributed by atoms with Gasteiger partial charge in [0, 0.05) is 12.7 Å². The molecule has 2 N–H and O–H groups in total. The summed E-state index contributed by atoms with van der Waals surface area (Å²) in [5.41, 5.74) is 1.09. The molecule has 6 heteroatoms. The molecule has 0 atom stereocenters. The molecule has 0 aliphatic heterocycles. The van der Waals surface area contributed by atoms with E-state index in [2.05, 4.69) is 10.3 Å². The lowest BCUT2D eigenvalue weighted by molar-refractivity contribution is 0.0695. The van der Waals surface area contributed by atoms with Gasteiger partial charge >= 0.3 is 5.97 Å². The third-order valence-corrected chi connectivity index (χ3v) is 2.86. The first-order valence-corrected chi connectivity index (χ1v) is 6.28. The number of benzene rings is 1. The molecule has 1 aromatic heterocycles. The largest absolute Gasteiger partial charge is 0.478 e. The van der Waals surface area contributed by atoms with Gasteiger partial charge in [0.1, 0.15) is 11.5 Å². The summed E-state index contributed by atoms with van der Waals surface area (Å²) in [5.74, 6) is -1.77. The highest BCUT2D eigenvalue weighted by Gasteiger charge is 2.08. The SMILES string of the molecule is O=C(O)c1ccc(C(=O)NCCc2ccc(F)cc2)nc1. The van der Waals surface area contributed by atoms with E-state index in [1.807, 2.05) is 0 Å². The molecule has 0 unspecified atom stereocenters. The minimum absolute atomic E-state index is 0.0258. The summed E-state index contributed by atoms with van der Waals surface area (Å²) in [7, 11) is 0. The van der Waals surface area contributed by atoms with Gasteiger partial charge in [-0.05, 0) is 36.2 Å². The van der Waals surface area contributed by atoms with E-state index in [0.29, 0.717) is 13.0 Å². The molecule has 5 nitrogen and oxygen atoms in total. The number of hydrogen-bond acceptors (Lipinski definition) is 3. The molecule has 0 aliphatic rings. The fourth-order valence-corrected chi connectivity index (χ4v) is 1.72. The smallest absolute Gasteiger partial charge is 0.337 e. The van der Waals surface area contributed by atoms with E-state index >= 15 is 0 Å². The second-order valence-electron chi connectivity index (χ2n) is 4.37. The highest BCUT2D eigenvalue weighted by atomic mass is 19.1. The Labute approximate surface area is 120 Å². The molecule has 0 fully saturated rings. The van der Waals surface area contributed by atoms with Gasteiger partial charge in [-0.15, -0.1) is 0 Å². The third-order valence-electron chi connectivity index (χ3n) is 2.86. The average Bonchev–Trinajstić information content (AvgIpc) is 2.49. The van der Waals surface area contributed by atoms with Crippen LogP contribution in [-0.4, -0.2) is 28.5 Å². The maximum Gasteiger partial charge on any atom is 0.337 e. The average molecular weight is 288 g/mol. The third kappa shape index (κ3) is 4.10. The first-order valence-electron chi connectivity index (χ1n) is 6.28. The van der Waals surface area contributed by atoms with Gasteiger partial charge in [-0.25, -0.2) is 9.18 Å². The second kappa shape index (κ2) is 6.60. The predicted octanol–water partition coefficient (Wildman–Crippen LogP) is 1.89. The van der Waals surface area contributed by atoms with E-state index in [9.17, 15) is 14.0 Å². The van der Waals surface area contributed by atoms with Gasteiger partial charge in [-0.3, -0.25) is 9.78 Å². The van der Waals surface area contributed by atoms with E-state index in [1.165, 1.54) is 24.3 Å². The number of carboxylic acid groups (broad SMARTS) is 1. The first-order chi connectivity index (χ1) is 10.1. The number of rotatable bonds is 5. The molecule has 0 saturated heterocycles. The van der Waals surface area contributed by atoms with Crippen LogP contribution in [0.4, 0.5) is 4.39 Å². The highest BCUT2D eigenvalue weighted by molar-refractivity contribution is 5.93. The molecule has 2 rings (SSSR count). The minimum Gasteiger partial charge on any atom is -0.478 e. The molecule has 1 aromatic carbocycles. The van der Waals surface area contributed by atoms with Crippen LogP contribution in [0.1, 0.15) is 26.4 Å². The first kappa shape index (κ1) is 14.6. The number of nitrogens with one attached hydrogen (secondary N) is 1. The molecule has 2 aromatic rings. The van der Waals surface area contributed by atoms with E-state index in [1.54, 1.807) is 12.1 Å². The molecule has 0 saturated carbocycles. The number of nitrogens with zero attached hydrogens (tertiary/aromatic N) is 1. The normalized spacial score (nSPS) is 10.1. The number of aromatic carboxylic acids is 1. The van der Waals surface area contributed by atoms with Gasteiger partial charge < -0.3 is 10.4 Å². The van der Waals surface area contributed by atoms with E-state index in [-0.39, 0.29) is 23.0 Å². The fourth-order valence-electron chi connectivity index (χ4n) is 1.72. The Hall–Kier alpha value is -2.76. The Bertz CT molecular complexity index is 639. The summed E-state index contributed by atoms with van der Waals surface area (Å²) in [5, 5.41) is 11.4. The Balaban J connectivity index is 1.86. The molecule has 0 bridgehead atoms. The minimum atomic E-state index is -1.09. The molecule has 1 amide bonds. The lowest BCUT2D eigenvalue weighted by Gasteiger charge is -2.05. The molecule has 21 heavy (non-hydrogen) atoms. The van der Waals surface area contributed by atoms with Crippen molar-refractivity contribution in [2.75, 3.05) is 6.54 Å². The standard InChI is InChI=1S/C15H13FN2O3/c16-12-4-1-10(2-5-12)7-8-17-14(19)13-6-3-11(9-18-13)15(20)21/h1-6,9H,7-8H2,(H,17,19)(H,20,21). The van der Waals surface area contributed by atoms with Crippen LogP contribution in [0.5, 0.6) is 0 Å². The Morgan fingerprint density at radius 1 is 1.14 bits per heavy atom.